The standard InChI is InChI=1S/C19H15N3O4/c23-18(26-16-8-10-25-19(16)24)15-12-22(14-6-2-1-3-7-14)21-17(15)13-5-4-9-20-11-13/h1-7,9,11-12,16H,8,10H2/t16-/m1/s1. The maximum absolute atomic E-state index is 12.7. The first-order valence-electron chi connectivity index (χ1n) is 8.15. The van der Waals surface area contributed by atoms with Crippen LogP contribution in [0, 0.1) is 0 Å². The SMILES string of the molecule is O=C(O[C@@H]1CCOC1=O)c1cn(-c2ccccc2)nc1-c1cccnc1. The number of rotatable bonds is 4. The summed E-state index contributed by atoms with van der Waals surface area (Å²) in [6.45, 7) is 0.259. The Morgan fingerprint density at radius 2 is 2.04 bits per heavy atom. The van der Waals surface area contributed by atoms with E-state index in [-0.39, 0.29) is 12.2 Å². The van der Waals surface area contributed by atoms with E-state index < -0.39 is 18.0 Å². The number of carbonyl (C=O) groups excluding carboxylic acids is 2. The molecular formula is C19H15N3O4. The number of pyridine rings is 1. The minimum absolute atomic E-state index is 0.259. The van der Waals surface area contributed by atoms with Gasteiger partial charge in [-0.25, -0.2) is 14.3 Å². The number of cyclic esters (lactones) is 1. The molecule has 0 unspecified atom stereocenters. The molecule has 1 aromatic carbocycles. The van der Waals surface area contributed by atoms with Gasteiger partial charge in [-0.3, -0.25) is 4.98 Å². The lowest BCUT2D eigenvalue weighted by Gasteiger charge is -2.08. The molecule has 3 heterocycles. The fraction of sp³-hybridized carbons (Fsp3) is 0.158. The molecule has 1 atom stereocenters. The maximum atomic E-state index is 12.7. The molecule has 7 heteroatoms. The number of benzene rings is 1. The number of nitrogens with zero attached hydrogens (tertiary/aromatic N) is 3. The van der Waals surface area contributed by atoms with Gasteiger partial charge in [0.05, 0.1) is 12.3 Å². The zero-order valence-corrected chi connectivity index (χ0v) is 13.7. The first kappa shape index (κ1) is 16.0. The van der Waals surface area contributed by atoms with Crippen LogP contribution in [0.15, 0.2) is 61.1 Å². The second kappa shape index (κ2) is 6.79. The molecule has 3 aromatic rings. The van der Waals surface area contributed by atoms with Gasteiger partial charge in [0.2, 0.25) is 6.10 Å². The van der Waals surface area contributed by atoms with Crippen LogP contribution in [0.5, 0.6) is 0 Å². The van der Waals surface area contributed by atoms with Crippen LogP contribution in [0.3, 0.4) is 0 Å². The molecule has 7 nitrogen and oxygen atoms in total. The summed E-state index contributed by atoms with van der Waals surface area (Å²) in [5, 5.41) is 4.53. The largest absolute Gasteiger partial charge is 0.463 e. The van der Waals surface area contributed by atoms with Crippen LogP contribution in [0.4, 0.5) is 0 Å². The minimum atomic E-state index is -0.871. The van der Waals surface area contributed by atoms with Crippen molar-refractivity contribution in [1.29, 1.82) is 0 Å². The van der Waals surface area contributed by atoms with E-state index in [2.05, 4.69) is 10.1 Å². The van der Waals surface area contributed by atoms with Crippen molar-refractivity contribution in [2.45, 2.75) is 12.5 Å². The summed E-state index contributed by atoms with van der Waals surface area (Å²) < 4.78 is 11.8. The Morgan fingerprint density at radius 1 is 1.19 bits per heavy atom. The van der Waals surface area contributed by atoms with Gasteiger partial charge in [0.15, 0.2) is 0 Å². The Bertz CT molecular complexity index is 938. The smallest absolute Gasteiger partial charge is 0.347 e. The highest BCUT2D eigenvalue weighted by Gasteiger charge is 2.32. The van der Waals surface area contributed by atoms with E-state index in [4.69, 9.17) is 9.47 Å². The van der Waals surface area contributed by atoms with E-state index in [1.165, 1.54) is 0 Å². The van der Waals surface area contributed by atoms with Crippen molar-refractivity contribution in [3.8, 4) is 16.9 Å². The Hall–Kier alpha value is -3.48. The van der Waals surface area contributed by atoms with Crippen LogP contribution in [0.1, 0.15) is 16.8 Å². The molecule has 1 saturated heterocycles. The number of carbonyl (C=O) groups is 2. The average molecular weight is 349 g/mol. The van der Waals surface area contributed by atoms with E-state index in [0.29, 0.717) is 17.7 Å². The van der Waals surface area contributed by atoms with Crippen LogP contribution >= 0.6 is 0 Å². The first-order chi connectivity index (χ1) is 12.7. The summed E-state index contributed by atoms with van der Waals surface area (Å²) in [7, 11) is 0. The highest BCUT2D eigenvalue weighted by molar-refractivity contribution is 5.97. The highest BCUT2D eigenvalue weighted by atomic mass is 16.6. The molecule has 0 N–H and O–H groups in total. The van der Waals surface area contributed by atoms with Crippen LogP contribution in [-0.4, -0.2) is 39.4 Å². The molecule has 1 aliphatic heterocycles. The molecule has 1 fully saturated rings. The molecule has 4 rings (SSSR count). The fourth-order valence-electron chi connectivity index (χ4n) is 2.73. The Labute approximate surface area is 149 Å². The van der Waals surface area contributed by atoms with E-state index in [0.717, 1.165) is 5.69 Å². The number of aromatic nitrogens is 3. The molecule has 0 bridgehead atoms. The highest BCUT2D eigenvalue weighted by Crippen LogP contribution is 2.25. The van der Waals surface area contributed by atoms with Gasteiger partial charge >= 0.3 is 11.9 Å². The minimum Gasteiger partial charge on any atom is -0.463 e. The van der Waals surface area contributed by atoms with E-state index in [1.54, 1.807) is 29.3 Å². The lowest BCUT2D eigenvalue weighted by atomic mass is 10.1. The monoisotopic (exact) mass is 349 g/mol. The summed E-state index contributed by atoms with van der Waals surface area (Å²) in [6, 6.07) is 13.0. The number of para-hydroxylation sites is 1. The maximum Gasteiger partial charge on any atom is 0.347 e. The summed E-state index contributed by atoms with van der Waals surface area (Å²) in [5.74, 6) is -1.13. The summed E-state index contributed by atoms with van der Waals surface area (Å²) in [4.78, 5) is 28.4. The molecule has 2 aromatic heterocycles. The predicted molar refractivity (Wildman–Crippen MR) is 91.6 cm³/mol. The predicted octanol–water partition coefficient (Wildman–Crippen LogP) is 2.41. The Morgan fingerprint density at radius 3 is 2.73 bits per heavy atom. The molecule has 0 spiro atoms. The number of esters is 2. The summed E-state index contributed by atoms with van der Waals surface area (Å²) in [6.07, 6.45) is 4.35. The van der Waals surface area contributed by atoms with Crippen molar-refractivity contribution in [3.05, 3.63) is 66.6 Å². The second-order valence-corrected chi connectivity index (χ2v) is 5.76. The van der Waals surface area contributed by atoms with Gasteiger partial charge in [0.1, 0.15) is 11.3 Å². The first-order valence-corrected chi connectivity index (χ1v) is 8.15. The van der Waals surface area contributed by atoms with Crippen molar-refractivity contribution in [3.63, 3.8) is 0 Å². The Balaban J connectivity index is 1.73. The zero-order chi connectivity index (χ0) is 17.9. The van der Waals surface area contributed by atoms with Crippen LogP contribution < -0.4 is 0 Å². The van der Waals surface area contributed by atoms with Gasteiger partial charge in [-0.1, -0.05) is 18.2 Å². The number of hydrogen-bond acceptors (Lipinski definition) is 6. The average Bonchev–Trinajstić information content (AvgIpc) is 3.30. The van der Waals surface area contributed by atoms with Crippen molar-refractivity contribution in [2.24, 2.45) is 0 Å². The van der Waals surface area contributed by atoms with Crippen molar-refractivity contribution >= 4 is 11.9 Å². The van der Waals surface area contributed by atoms with Crippen molar-refractivity contribution < 1.29 is 19.1 Å². The van der Waals surface area contributed by atoms with Crippen molar-refractivity contribution in [2.75, 3.05) is 6.61 Å². The van der Waals surface area contributed by atoms with Gasteiger partial charge in [0, 0.05) is 30.6 Å². The third kappa shape index (κ3) is 3.06. The molecule has 26 heavy (non-hydrogen) atoms. The van der Waals surface area contributed by atoms with Crippen LogP contribution in [-0.2, 0) is 14.3 Å². The van der Waals surface area contributed by atoms with Gasteiger partial charge in [0.25, 0.3) is 0 Å². The topological polar surface area (TPSA) is 83.3 Å². The molecule has 130 valence electrons. The molecule has 0 saturated carbocycles. The van der Waals surface area contributed by atoms with Gasteiger partial charge in [-0.15, -0.1) is 0 Å². The van der Waals surface area contributed by atoms with E-state index in [9.17, 15) is 9.59 Å². The zero-order valence-electron chi connectivity index (χ0n) is 13.7. The molecule has 1 aliphatic rings. The number of hydrogen-bond donors (Lipinski definition) is 0. The molecule has 0 aliphatic carbocycles. The van der Waals surface area contributed by atoms with Crippen molar-refractivity contribution in [1.82, 2.24) is 14.8 Å². The molecule has 0 radical (unpaired) electrons. The summed E-state index contributed by atoms with van der Waals surface area (Å²) in [5.41, 5.74) is 2.19. The second-order valence-electron chi connectivity index (χ2n) is 5.76. The number of ether oxygens (including phenoxy) is 2. The normalized spacial score (nSPS) is 16.3. The van der Waals surface area contributed by atoms with Crippen LogP contribution in [0.25, 0.3) is 16.9 Å². The van der Waals surface area contributed by atoms with Crippen LogP contribution in [0.2, 0.25) is 0 Å². The lowest BCUT2D eigenvalue weighted by molar-refractivity contribution is -0.145. The lowest BCUT2D eigenvalue weighted by Crippen LogP contribution is -2.22. The van der Waals surface area contributed by atoms with Gasteiger partial charge in [-0.2, -0.15) is 5.10 Å². The molecule has 0 amide bonds. The summed E-state index contributed by atoms with van der Waals surface area (Å²) >= 11 is 0. The van der Waals surface area contributed by atoms with Gasteiger partial charge < -0.3 is 9.47 Å². The van der Waals surface area contributed by atoms with E-state index >= 15 is 0 Å². The molecular weight excluding hydrogens is 334 g/mol. The third-order valence-electron chi connectivity index (χ3n) is 4.03. The van der Waals surface area contributed by atoms with E-state index in [1.807, 2.05) is 36.4 Å². The Kier molecular flexibility index (Phi) is 4.18. The third-order valence-corrected chi connectivity index (χ3v) is 4.03. The van der Waals surface area contributed by atoms with Gasteiger partial charge in [-0.05, 0) is 24.3 Å². The fourth-order valence-corrected chi connectivity index (χ4v) is 2.73. The quantitative estimate of drug-likeness (QED) is 0.673.